The Morgan fingerprint density at radius 2 is 1.58 bits per heavy atom. The molecule has 9 heteroatoms. The van der Waals surface area contributed by atoms with Crippen LogP contribution in [0.2, 0.25) is 0 Å². The molecule has 2 amide bonds. The number of hydrogen-bond donors (Lipinski definition) is 3. The number of rotatable bonds is 9. The van der Waals surface area contributed by atoms with Crippen molar-refractivity contribution in [2.24, 2.45) is 0 Å². The molecule has 2 rings (SSSR count). The Bertz CT molecular complexity index is 926. The molecule has 31 heavy (non-hydrogen) atoms. The van der Waals surface area contributed by atoms with Gasteiger partial charge in [-0.2, -0.15) is 0 Å². The SMILES string of the molecule is CCCCC(=O)Nc1ccc(NC(=S)NC(=O)c2c(OC)cccc2OC)cc1OC. The Labute approximate surface area is 187 Å². The molecule has 0 heterocycles. The molecule has 0 saturated heterocycles. The molecule has 0 bridgehead atoms. The number of amides is 2. The van der Waals surface area contributed by atoms with Crippen molar-refractivity contribution in [2.45, 2.75) is 26.2 Å². The molecule has 0 aliphatic carbocycles. The van der Waals surface area contributed by atoms with E-state index in [9.17, 15) is 9.59 Å². The highest BCUT2D eigenvalue weighted by molar-refractivity contribution is 7.80. The van der Waals surface area contributed by atoms with Crippen molar-refractivity contribution in [3.63, 3.8) is 0 Å². The average Bonchev–Trinajstić information content (AvgIpc) is 2.77. The van der Waals surface area contributed by atoms with Crippen molar-refractivity contribution in [2.75, 3.05) is 32.0 Å². The molecular formula is C22H27N3O5S. The van der Waals surface area contributed by atoms with Crippen LogP contribution < -0.4 is 30.2 Å². The van der Waals surface area contributed by atoms with Gasteiger partial charge in [0, 0.05) is 18.2 Å². The van der Waals surface area contributed by atoms with Crippen LogP contribution >= 0.6 is 12.2 Å². The van der Waals surface area contributed by atoms with Gasteiger partial charge in [-0.3, -0.25) is 14.9 Å². The highest BCUT2D eigenvalue weighted by Crippen LogP contribution is 2.29. The van der Waals surface area contributed by atoms with E-state index < -0.39 is 5.91 Å². The molecular weight excluding hydrogens is 418 g/mol. The van der Waals surface area contributed by atoms with Gasteiger partial charge in [0.2, 0.25) is 5.91 Å². The molecule has 0 radical (unpaired) electrons. The lowest BCUT2D eigenvalue weighted by molar-refractivity contribution is -0.116. The molecule has 0 saturated carbocycles. The van der Waals surface area contributed by atoms with Crippen molar-refractivity contribution in [1.82, 2.24) is 5.32 Å². The zero-order chi connectivity index (χ0) is 22.8. The van der Waals surface area contributed by atoms with Gasteiger partial charge < -0.3 is 24.8 Å². The van der Waals surface area contributed by atoms with Gasteiger partial charge in [0.15, 0.2) is 5.11 Å². The molecule has 0 spiro atoms. The topological polar surface area (TPSA) is 97.9 Å². The molecule has 2 aromatic rings. The van der Waals surface area contributed by atoms with Crippen LogP contribution in [0.15, 0.2) is 36.4 Å². The lowest BCUT2D eigenvalue weighted by atomic mass is 10.1. The van der Waals surface area contributed by atoms with Crippen LogP contribution in [0.5, 0.6) is 17.2 Å². The van der Waals surface area contributed by atoms with E-state index in [1.807, 2.05) is 6.92 Å². The van der Waals surface area contributed by atoms with Crippen LogP contribution in [-0.4, -0.2) is 38.3 Å². The summed E-state index contributed by atoms with van der Waals surface area (Å²) in [7, 11) is 4.45. The minimum absolute atomic E-state index is 0.0746. The number of unbranched alkanes of at least 4 members (excludes halogenated alkanes) is 1. The van der Waals surface area contributed by atoms with E-state index in [4.69, 9.17) is 26.4 Å². The summed E-state index contributed by atoms with van der Waals surface area (Å²) in [4.78, 5) is 24.7. The van der Waals surface area contributed by atoms with E-state index in [1.165, 1.54) is 21.3 Å². The maximum atomic E-state index is 12.7. The largest absolute Gasteiger partial charge is 0.496 e. The summed E-state index contributed by atoms with van der Waals surface area (Å²) >= 11 is 5.27. The van der Waals surface area contributed by atoms with E-state index in [-0.39, 0.29) is 16.6 Å². The van der Waals surface area contributed by atoms with Gasteiger partial charge in [0.05, 0.1) is 27.0 Å². The summed E-state index contributed by atoms with van der Waals surface area (Å²) in [6, 6.07) is 10.1. The quantitative estimate of drug-likeness (QED) is 0.503. The third-order valence-corrected chi connectivity index (χ3v) is 4.58. The summed E-state index contributed by atoms with van der Waals surface area (Å²) < 4.78 is 15.9. The van der Waals surface area contributed by atoms with Crippen LogP contribution in [0.1, 0.15) is 36.5 Å². The summed E-state index contributed by atoms with van der Waals surface area (Å²) in [5.74, 6) is 0.650. The van der Waals surface area contributed by atoms with Gasteiger partial charge in [-0.15, -0.1) is 0 Å². The predicted molar refractivity (Wildman–Crippen MR) is 124 cm³/mol. The van der Waals surface area contributed by atoms with E-state index in [1.54, 1.807) is 36.4 Å². The van der Waals surface area contributed by atoms with Gasteiger partial charge in [0.25, 0.3) is 5.91 Å². The van der Waals surface area contributed by atoms with E-state index in [0.717, 1.165) is 12.8 Å². The number of ether oxygens (including phenoxy) is 3. The zero-order valence-electron chi connectivity index (χ0n) is 18.0. The molecule has 0 fully saturated rings. The Morgan fingerprint density at radius 1 is 0.935 bits per heavy atom. The fraction of sp³-hybridized carbons (Fsp3) is 0.318. The molecule has 0 unspecified atom stereocenters. The third kappa shape index (κ3) is 6.58. The standard InChI is InChI=1S/C22H27N3O5S/c1-5-6-10-19(26)24-15-12-11-14(13-18(15)30-4)23-22(31)25-21(27)20-16(28-2)8-7-9-17(20)29-3/h7-9,11-13H,5-6,10H2,1-4H3,(H,24,26)(H2,23,25,27,31). The Balaban J connectivity index is 2.09. The average molecular weight is 446 g/mol. The van der Waals surface area contributed by atoms with Crippen molar-refractivity contribution in [1.29, 1.82) is 0 Å². The first-order valence-electron chi connectivity index (χ1n) is 9.74. The van der Waals surface area contributed by atoms with Crippen LogP contribution in [0.4, 0.5) is 11.4 Å². The Hall–Kier alpha value is -3.33. The maximum Gasteiger partial charge on any atom is 0.264 e. The normalized spacial score (nSPS) is 10.1. The number of benzene rings is 2. The number of methoxy groups -OCH3 is 3. The first-order valence-corrected chi connectivity index (χ1v) is 10.2. The monoisotopic (exact) mass is 445 g/mol. The van der Waals surface area contributed by atoms with Crippen LogP contribution in [-0.2, 0) is 4.79 Å². The predicted octanol–water partition coefficient (Wildman–Crippen LogP) is 3.97. The Kier molecular flexibility index (Phi) is 9.08. The molecule has 0 atom stereocenters. The third-order valence-electron chi connectivity index (χ3n) is 4.37. The van der Waals surface area contributed by atoms with Gasteiger partial charge in [-0.1, -0.05) is 19.4 Å². The van der Waals surface area contributed by atoms with Gasteiger partial charge >= 0.3 is 0 Å². The first-order chi connectivity index (χ1) is 14.9. The van der Waals surface area contributed by atoms with Gasteiger partial charge in [-0.05, 0) is 42.9 Å². The number of anilines is 2. The van der Waals surface area contributed by atoms with Crippen molar-refractivity contribution < 1.29 is 23.8 Å². The van der Waals surface area contributed by atoms with E-state index in [0.29, 0.717) is 35.0 Å². The Morgan fingerprint density at radius 3 is 2.16 bits per heavy atom. The van der Waals surface area contributed by atoms with Gasteiger partial charge in [0.1, 0.15) is 22.8 Å². The lowest BCUT2D eigenvalue weighted by Crippen LogP contribution is -2.34. The highest BCUT2D eigenvalue weighted by Gasteiger charge is 2.19. The van der Waals surface area contributed by atoms with Crippen molar-refractivity contribution in [3.8, 4) is 17.2 Å². The second-order valence-corrected chi connectivity index (χ2v) is 6.92. The van der Waals surface area contributed by atoms with E-state index in [2.05, 4.69) is 16.0 Å². The number of carbonyl (C=O) groups excluding carboxylic acids is 2. The molecule has 0 aliphatic heterocycles. The second-order valence-electron chi connectivity index (χ2n) is 6.51. The van der Waals surface area contributed by atoms with Crippen molar-refractivity contribution in [3.05, 3.63) is 42.0 Å². The van der Waals surface area contributed by atoms with Gasteiger partial charge in [-0.25, -0.2) is 0 Å². The molecule has 8 nitrogen and oxygen atoms in total. The number of thiocarbonyl (C=S) groups is 1. The zero-order valence-corrected chi connectivity index (χ0v) is 18.9. The second kappa shape index (κ2) is 11.8. The summed E-state index contributed by atoms with van der Waals surface area (Å²) in [6.07, 6.45) is 2.21. The minimum Gasteiger partial charge on any atom is -0.496 e. The maximum absolute atomic E-state index is 12.7. The summed E-state index contributed by atoms with van der Waals surface area (Å²) in [5, 5.41) is 8.46. The smallest absolute Gasteiger partial charge is 0.264 e. The fourth-order valence-electron chi connectivity index (χ4n) is 2.83. The van der Waals surface area contributed by atoms with Crippen molar-refractivity contribution >= 4 is 40.5 Å². The first kappa shape index (κ1) is 23.9. The van der Waals surface area contributed by atoms with Crippen LogP contribution in [0.3, 0.4) is 0 Å². The van der Waals surface area contributed by atoms with Crippen LogP contribution in [0.25, 0.3) is 0 Å². The molecule has 3 N–H and O–H groups in total. The summed E-state index contributed by atoms with van der Waals surface area (Å²) in [6.45, 7) is 2.03. The molecule has 0 aromatic heterocycles. The molecule has 2 aromatic carbocycles. The fourth-order valence-corrected chi connectivity index (χ4v) is 3.04. The lowest BCUT2D eigenvalue weighted by Gasteiger charge is -2.15. The number of carbonyl (C=O) groups is 2. The molecule has 166 valence electrons. The van der Waals surface area contributed by atoms with E-state index >= 15 is 0 Å². The minimum atomic E-state index is -0.474. The van der Waals surface area contributed by atoms with Crippen LogP contribution in [0, 0.1) is 0 Å². The summed E-state index contributed by atoms with van der Waals surface area (Å²) in [5.41, 5.74) is 1.38. The number of nitrogens with one attached hydrogen (secondary N) is 3. The molecule has 0 aliphatic rings. The highest BCUT2D eigenvalue weighted by atomic mass is 32.1. The number of hydrogen-bond acceptors (Lipinski definition) is 6.